The van der Waals surface area contributed by atoms with Crippen LogP contribution in [0.1, 0.15) is 12.8 Å². The van der Waals surface area contributed by atoms with Crippen LogP contribution < -0.4 is 0 Å². The van der Waals surface area contributed by atoms with E-state index in [0.717, 1.165) is 11.5 Å². The van der Waals surface area contributed by atoms with Crippen molar-refractivity contribution < 1.29 is 10.0 Å². The fourth-order valence-electron chi connectivity index (χ4n) is 0.634. The average Bonchev–Trinajstić information content (AvgIpc) is 1.91. The van der Waals surface area contributed by atoms with E-state index in [2.05, 4.69) is 0 Å². The lowest BCUT2D eigenvalue weighted by Gasteiger charge is -2.00. The molecule has 0 bridgehead atoms. The fourth-order valence-corrected chi connectivity index (χ4v) is 0.634. The monoisotopic (exact) mass is 101 g/mol. The van der Waals surface area contributed by atoms with Gasteiger partial charge in [0.15, 0.2) is 0 Å². The molecule has 1 aliphatic heterocycles. The molecular weight excluding hydrogens is 94.0 g/mol. The Kier molecular flexibility index (Phi) is 0.982. The van der Waals surface area contributed by atoms with Crippen molar-refractivity contribution in [1.29, 1.82) is 0 Å². The Morgan fingerprint density at radius 1 is 1.71 bits per heavy atom. The van der Waals surface area contributed by atoms with Gasteiger partial charge in [-0.3, -0.25) is 10.0 Å². The summed E-state index contributed by atoms with van der Waals surface area (Å²) in [5.74, 6) is -0.153. The van der Waals surface area contributed by atoms with Gasteiger partial charge in [0, 0.05) is 13.0 Å². The molecule has 1 rings (SSSR count). The number of amides is 1. The second kappa shape index (κ2) is 1.50. The number of carbonyl (C=O) groups is 1. The van der Waals surface area contributed by atoms with Crippen LogP contribution in [0.5, 0.6) is 0 Å². The third kappa shape index (κ3) is 0.718. The smallest absolute Gasteiger partial charge is 0.245 e. The van der Waals surface area contributed by atoms with E-state index in [0.29, 0.717) is 13.0 Å². The minimum Gasteiger partial charge on any atom is -0.286 e. The molecular formula is C4H7NO2. The summed E-state index contributed by atoms with van der Waals surface area (Å²) in [6.45, 7) is 0.513. The zero-order chi connectivity index (χ0) is 5.28. The van der Waals surface area contributed by atoms with Crippen LogP contribution in [0, 0.1) is 0 Å². The normalized spacial score (nSPS) is 21.3. The zero-order valence-corrected chi connectivity index (χ0v) is 3.92. The van der Waals surface area contributed by atoms with Gasteiger partial charge in [0.25, 0.3) is 0 Å². The zero-order valence-electron chi connectivity index (χ0n) is 3.92. The first-order chi connectivity index (χ1) is 3.30. The molecule has 0 unspecified atom stereocenters. The Labute approximate surface area is 41.5 Å². The number of hydroxylamine groups is 2. The highest BCUT2D eigenvalue weighted by molar-refractivity contribution is 5.76. The molecule has 7 heavy (non-hydrogen) atoms. The maximum Gasteiger partial charge on any atom is 0.245 e. The molecule has 3 heteroatoms. The molecule has 0 aromatic heterocycles. The summed E-state index contributed by atoms with van der Waals surface area (Å²) in [6.07, 6.45) is 1.31. The summed E-state index contributed by atoms with van der Waals surface area (Å²) in [7, 11) is 0. The van der Waals surface area contributed by atoms with E-state index < -0.39 is 0 Å². The second-order valence-electron chi connectivity index (χ2n) is 1.62. The number of hydrogen-bond acceptors (Lipinski definition) is 2. The maximum absolute atomic E-state index is 10.2. The lowest BCUT2D eigenvalue weighted by atomic mass is 10.4. The quantitative estimate of drug-likeness (QED) is 0.436. The minimum atomic E-state index is -0.153. The first-order valence-electron chi connectivity index (χ1n) is 2.30. The lowest BCUT2D eigenvalue weighted by molar-refractivity contribution is -0.157. The predicted octanol–water partition coefficient (Wildman–Crippen LogP) is -0.00200. The van der Waals surface area contributed by atoms with E-state index >= 15 is 0 Å². The Morgan fingerprint density at radius 3 is 2.57 bits per heavy atom. The van der Waals surface area contributed by atoms with Gasteiger partial charge in [0.1, 0.15) is 0 Å². The summed E-state index contributed by atoms with van der Waals surface area (Å²) in [6, 6.07) is 0. The highest BCUT2D eigenvalue weighted by Gasteiger charge is 2.16. The van der Waals surface area contributed by atoms with Crippen LogP contribution in [-0.2, 0) is 4.79 Å². The van der Waals surface area contributed by atoms with Crippen LogP contribution >= 0.6 is 0 Å². The molecule has 1 saturated heterocycles. The SMILES string of the molecule is O=C1CCCN1O. The van der Waals surface area contributed by atoms with Crippen LogP contribution in [0.25, 0.3) is 0 Å². The minimum absolute atomic E-state index is 0.153. The molecule has 1 N–H and O–H groups in total. The standard InChI is InChI=1S/C4H7NO2/c6-4-2-1-3-5(4)7/h7H,1-3H2. The molecule has 0 aromatic rings. The van der Waals surface area contributed by atoms with Crippen molar-refractivity contribution in [3.63, 3.8) is 0 Å². The molecule has 0 saturated carbocycles. The molecule has 1 heterocycles. The van der Waals surface area contributed by atoms with Gasteiger partial charge in [-0.1, -0.05) is 0 Å². The number of nitrogens with zero attached hydrogens (tertiary/aromatic N) is 1. The van der Waals surface area contributed by atoms with Gasteiger partial charge in [-0.2, -0.15) is 0 Å². The third-order valence-electron chi connectivity index (χ3n) is 1.05. The fraction of sp³-hybridized carbons (Fsp3) is 0.750. The summed E-state index contributed by atoms with van der Waals surface area (Å²) < 4.78 is 0. The summed E-state index contributed by atoms with van der Waals surface area (Å²) in [5, 5.41) is 9.25. The summed E-state index contributed by atoms with van der Waals surface area (Å²) in [5.41, 5.74) is 0. The Hall–Kier alpha value is -0.570. The molecule has 0 atom stereocenters. The second-order valence-corrected chi connectivity index (χ2v) is 1.62. The van der Waals surface area contributed by atoms with Crippen molar-refractivity contribution >= 4 is 5.91 Å². The number of carbonyl (C=O) groups excluding carboxylic acids is 1. The van der Waals surface area contributed by atoms with Crippen molar-refractivity contribution in [3.05, 3.63) is 0 Å². The molecule has 40 valence electrons. The van der Waals surface area contributed by atoms with Crippen molar-refractivity contribution in [1.82, 2.24) is 5.06 Å². The van der Waals surface area contributed by atoms with E-state index in [1.54, 1.807) is 0 Å². The van der Waals surface area contributed by atoms with Gasteiger partial charge in [-0.05, 0) is 6.42 Å². The van der Waals surface area contributed by atoms with Crippen molar-refractivity contribution in [2.75, 3.05) is 6.54 Å². The first-order valence-corrected chi connectivity index (χ1v) is 2.30. The summed E-state index contributed by atoms with van der Waals surface area (Å²) in [4.78, 5) is 10.2. The molecule has 3 nitrogen and oxygen atoms in total. The van der Waals surface area contributed by atoms with Crippen molar-refractivity contribution in [2.24, 2.45) is 0 Å². The van der Waals surface area contributed by atoms with Gasteiger partial charge < -0.3 is 0 Å². The van der Waals surface area contributed by atoms with Gasteiger partial charge in [0.05, 0.1) is 0 Å². The first kappa shape index (κ1) is 4.59. The van der Waals surface area contributed by atoms with Crippen LogP contribution in [0.3, 0.4) is 0 Å². The van der Waals surface area contributed by atoms with Crippen LogP contribution in [0.4, 0.5) is 0 Å². The Morgan fingerprint density at radius 2 is 2.43 bits per heavy atom. The molecule has 1 aliphatic rings. The molecule has 1 amide bonds. The molecule has 1 fully saturated rings. The highest BCUT2D eigenvalue weighted by Crippen LogP contribution is 2.04. The van der Waals surface area contributed by atoms with Crippen molar-refractivity contribution in [3.8, 4) is 0 Å². The van der Waals surface area contributed by atoms with E-state index in [1.165, 1.54) is 0 Å². The average molecular weight is 101 g/mol. The largest absolute Gasteiger partial charge is 0.286 e. The van der Waals surface area contributed by atoms with Crippen LogP contribution in [0.15, 0.2) is 0 Å². The number of hydrogen-bond donors (Lipinski definition) is 1. The van der Waals surface area contributed by atoms with Crippen molar-refractivity contribution in [2.45, 2.75) is 12.8 Å². The van der Waals surface area contributed by atoms with E-state index in [1.807, 2.05) is 0 Å². The van der Waals surface area contributed by atoms with Gasteiger partial charge in [-0.15, -0.1) is 0 Å². The molecule has 0 spiro atoms. The Balaban J connectivity index is 2.48. The van der Waals surface area contributed by atoms with Gasteiger partial charge >= 0.3 is 0 Å². The molecule has 0 aromatic carbocycles. The molecule has 0 radical (unpaired) electrons. The van der Waals surface area contributed by atoms with Gasteiger partial charge in [-0.25, -0.2) is 5.06 Å². The topological polar surface area (TPSA) is 40.5 Å². The lowest BCUT2D eigenvalue weighted by Crippen LogP contribution is -2.18. The maximum atomic E-state index is 10.2. The van der Waals surface area contributed by atoms with E-state index in [4.69, 9.17) is 5.21 Å². The highest BCUT2D eigenvalue weighted by atomic mass is 16.5. The van der Waals surface area contributed by atoms with Crippen LogP contribution in [0.2, 0.25) is 0 Å². The van der Waals surface area contributed by atoms with Crippen LogP contribution in [-0.4, -0.2) is 22.7 Å². The Bertz CT molecular complexity index is 91.7. The molecule has 0 aliphatic carbocycles. The van der Waals surface area contributed by atoms with Gasteiger partial charge in [0.2, 0.25) is 5.91 Å². The third-order valence-corrected chi connectivity index (χ3v) is 1.05. The summed E-state index contributed by atoms with van der Waals surface area (Å²) >= 11 is 0. The predicted molar refractivity (Wildman–Crippen MR) is 22.7 cm³/mol. The number of rotatable bonds is 0. The van der Waals surface area contributed by atoms with E-state index in [9.17, 15) is 4.79 Å². The van der Waals surface area contributed by atoms with E-state index in [-0.39, 0.29) is 5.91 Å².